The van der Waals surface area contributed by atoms with Crippen LogP contribution in [0.3, 0.4) is 0 Å². The van der Waals surface area contributed by atoms with E-state index in [0.717, 1.165) is 28.6 Å². The normalized spacial score (nSPS) is 18.7. The van der Waals surface area contributed by atoms with Gasteiger partial charge in [0, 0.05) is 0 Å². The lowest BCUT2D eigenvalue weighted by molar-refractivity contribution is -0.121. The first-order valence-electron chi connectivity index (χ1n) is 6.13. The summed E-state index contributed by atoms with van der Waals surface area (Å²) in [6.07, 6.45) is 0.686. The van der Waals surface area contributed by atoms with Crippen LogP contribution in [0.4, 0.5) is 0 Å². The Labute approximate surface area is 117 Å². The number of benzene rings is 1. The summed E-state index contributed by atoms with van der Waals surface area (Å²) in [5.74, 6) is 0.825. The first-order chi connectivity index (χ1) is 9.04. The molecule has 0 radical (unpaired) electrons. The molecule has 1 aliphatic rings. The molecule has 0 aromatic heterocycles. The summed E-state index contributed by atoms with van der Waals surface area (Å²) in [6.45, 7) is 6.19. The Balaban J connectivity index is 1.93. The number of hydrogen-bond donors (Lipinski definition) is 0. The van der Waals surface area contributed by atoms with Crippen molar-refractivity contribution in [3.63, 3.8) is 0 Å². The Morgan fingerprint density at radius 1 is 1.37 bits per heavy atom. The number of carbonyl (C=O) groups excluding carboxylic acids is 2. The van der Waals surface area contributed by atoms with Gasteiger partial charge in [-0.3, -0.25) is 9.59 Å². The van der Waals surface area contributed by atoms with Gasteiger partial charge in [0.05, 0.1) is 11.7 Å². The van der Waals surface area contributed by atoms with E-state index in [-0.39, 0.29) is 22.6 Å². The summed E-state index contributed by atoms with van der Waals surface area (Å²) in [6, 6.07) is 7.63. The fraction of sp³-hybridized carbons (Fsp3) is 0.333. The predicted molar refractivity (Wildman–Crippen MR) is 76.5 cm³/mol. The molecule has 0 spiro atoms. The van der Waals surface area contributed by atoms with Crippen LogP contribution in [0.25, 0.3) is 0 Å². The second-order valence-electron chi connectivity index (χ2n) is 4.72. The molecule has 100 valence electrons. The fourth-order valence-electron chi connectivity index (χ4n) is 1.82. The molecule has 0 aliphatic carbocycles. The van der Waals surface area contributed by atoms with Gasteiger partial charge in [-0.05, 0) is 36.6 Å². The molecule has 1 atom stereocenters. The van der Waals surface area contributed by atoms with Gasteiger partial charge in [-0.2, -0.15) is 0 Å². The molecular weight excluding hydrogens is 260 g/mol. The summed E-state index contributed by atoms with van der Waals surface area (Å²) in [5, 5.41) is -0.230. The van der Waals surface area contributed by atoms with Gasteiger partial charge < -0.3 is 4.74 Å². The van der Waals surface area contributed by atoms with Crippen LogP contribution in [0.1, 0.15) is 18.9 Å². The zero-order chi connectivity index (χ0) is 13.8. The largest absolute Gasteiger partial charge is 0.489 e. The van der Waals surface area contributed by atoms with E-state index in [1.54, 1.807) is 0 Å². The Kier molecular flexibility index (Phi) is 4.43. The van der Waals surface area contributed by atoms with Crippen LogP contribution >= 0.6 is 11.8 Å². The second kappa shape index (κ2) is 6.06. The van der Waals surface area contributed by atoms with E-state index in [1.165, 1.54) is 0 Å². The first kappa shape index (κ1) is 13.9. The zero-order valence-corrected chi connectivity index (χ0v) is 11.7. The maximum Gasteiger partial charge on any atom is 0.197 e. The van der Waals surface area contributed by atoms with E-state index < -0.39 is 0 Å². The van der Waals surface area contributed by atoms with Crippen LogP contribution in [-0.4, -0.2) is 22.8 Å². The Morgan fingerprint density at radius 2 is 2.05 bits per heavy atom. The predicted octanol–water partition coefficient (Wildman–Crippen LogP) is 2.79. The molecule has 3 nitrogen and oxygen atoms in total. The molecule has 19 heavy (non-hydrogen) atoms. The lowest BCUT2D eigenvalue weighted by Gasteiger charge is -2.09. The Morgan fingerprint density at radius 3 is 2.58 bits per heavy atom. The van der Waals surface area contributed by atoms with Gasteiger partial charge >= 0.3 is 0 Å². The highest BCUT2D eigenvalue weighted by molar-refractivity contribution is 8.15. The number of Topliss-reactive ketones (excluding diaryl/α,β-unsaturated/α-hetero) is 1. The van der Waals surface area contributed by atoms with Gasteiger partial charge in [0.15, 0.2) is 10.9 Å². The molecule has 1 heterocycles. The van der Waals surface area contributed by atoms with E-state index in [9.17, 15) is 9.59 Å². The molecule has 1 fully saturated rings. The van der Waals surface area contributed by atoms with Crippen LogP contribution in [0.5, 0.6) is 5.75 Å². The molecule has 0 saturated carbocycles. The van der Waals surface area contributed by atoms with E-state index >= 15 is 0 Å². The number of ketones is 1. The molecule has 2 rings (SSSR count). The molecule has 0 bridgehead atoms. The quantitative estimate of drug-likeness (QED) is 0.612. The molecule has 1 aliphatic heterocycles. The molecule has 1 unspecified atom stereocenters. The zero-order valence-electron chi connectivity index (χ0n) is 10.8. The number of thioether (sulfide) groups is 1. The number of rotatable bonds is 5. The molecule has 1 aromatic rings. The molecule has 1 saturated heterocycles. The van der Waals surface area contributed by atoms with Gasteiger partial charge in [-0.1, -0.05) is 30.5 Å². The molecule has 0 amide bonds. The van der Waals surface area contributed by atoms with E-state index in [4.69, 9.17) is 4.74 Å². The summed E-state index contributed by atoms with van der Waals surface area (Å²) in [5.41, 5.74) is 2.01. The molecule has 1 aromatic carbocycles. The third kappa shape index (κ3) is 3.96. The van der Waals surface area contributed by atoms with E-state index in [0.29, 0.717) is 13.0 Å². The van der Waals surface area contributed by atoms with Crippen molar-refractivity contribution >= 4 is 22.7 Å². The van der Waals surface area contributed by atoms with Crippen molar-refractivity contribution in [2.24, 2.45) is 0 Å². The van der Waals surface area contributed by atoms with Crippen molar-refractivity contribution in [2.75, 3.05) is 6.61 Å². The maximum atomic E-state index is 11.6. The third-order valence-corrected chi connectivity index (χ3v) is 3.90. The summed E-state index contributed by atoms with van der Waals surface area (Å²) >= 11 is 1.16. The topological polar surface area (TPSA) is 43.4 Å². The van der Waals surface area contributed by atoms with Crippen LogP contribution in [0, 0.1) is 0 Å². The maximum absolute atomic E-state index is 11.6. The van der Waals surface area contributed by atoms with Crippen LogP contribution < -0.4 is 4.74 Å². The van der Waals surface area contributed by atoms with Gasteiger partial charge in [-0.25, -0.2) is 0 Å². The smallest absolute Gasteiger partial charge is 0.197 e. The van der Waals surface area contributed by atoms with Crippen molar-refractivity contribution in [3.05, 3.63) is 42.0 Å². The third-order valence-electron chi connectivity index (χ3n) is 2.78. The highest BCUT2D eigenvalue weighted by atomic mass is 32.2. The monoisotopic (exact) mass is 276 g/mol. The second-order valence-corrected chi connectivity index (χ2v) is 5.98. The van der Waals surface area contributed by atoms with Gasteiger partial charge in [0.25, 0.3) is 0 Å². The molecule has 4 heteroatoms. The summed E-state index contributed by atoms with van der Waals surface area (Å²) < 4.78 is 5.50. The van der Waals surface area contributed by atoms with Crippen molar-refractivity contribution < 1.29 is 14.3 Å². The first-order valence-corrected chi connectivity index (χ1v) is 7.01. The minimum absolute atomic E-state index is 0.0172. The number of ether oxygens (including phenoxy) is 1. The average molecular weight is 276 g/mol. The highest BCUT2D eigenvalue weighted by Gasteiger charge is 2.31. The lowest BCUT2D eigenvalue weighted by Crippen LogP contribution is -2.13. The fourth-order valence-corrected chi connectivity index (χ4v) is 2.85. The van der Waals surface area contributed by atoms with Gasteiger partial charge in [-0.15, -0.1) is 0 Å². The van der Waals surface area contributed by atoms with Crippen molar-refractivity contribution in [3.8, 4) is 5.75 Å². The summed E-state index contributed by atoms with van der Waals surface area (Å²) in [7, 11) is 0. The standard InChI is InChI=1S/C15H16O3S/c1-10(2)9-18-12-5-3-11(4-6-12)7-14-13(16)8-15(17)19-14/h3-6,14H,1,7-9H2,2H3. The number of carbonyl (C=O) groups is 2. The van der Waals surface area contributed by atoms with Gasteiger partial charge in [0.1, 0.15) is 12.4 Å². The Bertz CT molecular complexity index is 505. The summed E-state index contributed by atoms with van der Waals surface area (Å²) in [4.78, 5) is 22.7. The van der Waals surface area contributed by atoms with Crippen molar-refractivity contribution in [2.45, 2.75) is 25.0 Å². The van der Waals surface area contributed by atoms with E-state index in [1.807, 2.05) is 31.2 Å². The Hall–Kier alpha value is -1.55. The average Bonchev–Trinajstić information content (AvgIpc) is 2.67. The van der Waals surface area contributed by atoms with Crippen LogP contribution in [0.2, 0.25) is 0 Å². The lowest BCUT2D eigenvalue weighted by atomic mass is 10.1. The SMILES string of the molecule is C=C(C)COc1ccc(CC2SC(=O)CC2=O)cc1. The number of hydrogen-bond acceptors (Lipinski definition) is 4. The minimum atomic E-state index is -0.213. The molecular formula is C15H16O3S. The highest BCUT2D eigenvalue weighted by Crippen LogP contribution is 2.28. The van der Waals surface area contributed by atoms with Crippen molar-refractivity contribution in [1.82, 2.24) is 0 Å². The van der Waals surface area contributed by atoms with Gasteiger partial charge in [0.2, 0.25) is 0 Å². The van der Waals surface area contributed by atoms with E-state index in [2.05, 4.69) is 6.58 Å². The molecule has 0 N–H and O–H groups in total. The minimum Gasteiger partial charge on any atom is -0.489 e. The van der Waals surface area contributed by atoms with Crippen molar-refractivity contribution in [1.29, 1.82) is 0 Å². The van der Waals surface area contributed by atoms with Crippen LogP contribution in [0.15, 0.2) is 36.4 Å². The van der Waals surface area contributed by atoms with Crippen LogP contribution in [-0.2, 0) is 16.0 Å².